The Morgan fingerprint density at radius 1 is 1.03 bits per heavy atom. The number of likely N-dealkylation sites (tertiary alicyclic amines) is 2. The Morgan fingerprint density at radius 3 is 2.38 bits per heavy atom. The summed E-state index contributed by atoms with van der Waals surface area (Å²) in [5.41, 5.74) is 0.722. The summed E-state index contributed by atoms with van der Waals surface area (Å²) in [5.74, 6) is 1.15. The maximum atomic E-state index is 12.1. The van der Waals surface area contributed by atoms with Crippen LogP contribution in [0.3, 0.4) is 0 Å². The second-order valence-corrected chi connectivity index (χ2v) is 9.97. The molecule has 0 radical (unpaired) electrons. The van der Waals surface area contributed by atoms with Gasteiger partial charge in [-0.2, -0.15) is 0 Å². The number of carbonyl (C=O) groups is 1. The average Bonchev–Trinajstić information content (AvgIpc) is 2.84. The number of methoxy groups -OCH3 is 1. The highest BCUT2D eigenvalue weighted by molar-refractivity contribution is 6.42. The smallest absolute Gasteiger partial charge is 0.325 e. The molecule has 2 aromatic rings. The molecular formula is C26H32Cl2N2O4. The lowest BCUT2D eigenvalue weighted by Gasteiger charge is -2.39. The molecule has 2 aromatic carbocycles. The van der Waals surface area contributed by atoms with Crippen molar-refractivity contribution in [3.8, 4) is 11.5 Å². The van der Waals surface area contributed by atoms with Crippen molar-refractivity contribution in [2.45, 2.75) is 37.8 Å². The first-order valence-electron chi connectivity index (χ1n) is 11.9. The van der Waals surface area contributed by atoms with Crippen molar-refractivity contribution in [1.29, 1.82) is 0 Å². The fourth-order valence-corrected chi connectivity index (χ4v) is 5.38. The van der Waals surface area contributed by atoms with Gasteiger partial charge >= 0.3 is 5.97 Å². The van der Waals surface area contributed by atoms with Gasteiger partial charge in [0.15, 0.2) is 0 Å². The summed E-state index contributed by atoms with van der Waals surface area (Å²) in [6, 6.07) is 12.2. The van der Waals surface area contributed by atoms with Gasteiger partial charge in [0.05, 0.1) is 17.2 Å². The summed E-state index contributed by atoms with van der Waals surface area (Å²) in [7, 11) is 1.59. The number of halogens is 2. The van der Waals surface area contributed by atoms with Crippen LogP contribution in [0.4, 0.5) is 0 Å². The van der Waals surface area contributed by atoms with Crippen LogP contribution >= 0.6 is 23.2 Å². The zero-order valence-corrected chi connectivity index (χ0v) is 21.0. The van der Waals surface area contributed by atoms with E-state index >= 15 is 0 Å². The number of benzene rings is 2. The van der Waals surface area contributed by atoms with Gasteiger partial charge < -0.3 is 19.5 Å². The molecule has 6 nitrogen and oxygen atoms in total. The molecule has 1 unspecified atom stereocenters. The number of ether oxygens (including phenoxy) is 2. The van der Waals surface area contributed by atoms with Crippen molar-refractivity contribution in [3.63, 3.8) is 0 Å². The number of nitrogens with zero attached hydrogens (tertiary/aromatic N) is 2. The van der Waals surface area contributed by atoms with E-state index in [9.17, 15) is 9.90 Å². The second-order valence-electron chi connectivity index (χ2n) is 9.16. The number of piperidine rings is 2. The van der Waals surface area contributed by atoms with Gasteiger partial charge in [0.25, 0.3) is 0 Å². The minimum absolute atomic E-state index is 0.188. The third kappa shape index (κ3) is 6.16. The first-order valence-corrected chi connectivity index (χ1v) is 12.6. The highest BCUT2D eigenvalue weighted by Gasteiger charge is 2.33. The van der Waals surface area contributed by atoms with Crippen molar-refractivity contribution >= 4 is 29.2 Å². The van der Waals surface area contributed by atoms with Gasteiger partial charge in [0, 0.05) is 31.3 Å². The lowest BCUT2D eigenvalue weighted by atomic mass is 9.92. The van der Waals surface area contributed by atoms with E-state index in [0.29, 0.717) is 21.7 Å². The Kier molecular flexibility index (Phi) is 8.59. The van der Waals surface area contributed by atoms with Gasteiger partial charge in [-0.25, -0.2) is 0 Å². The molecular weight excluding hydrogens is 475 g/mol. The Balaban J connectivity index is 1.25. The first-order chi connectivity index (χ1) is 16.4. The van der Waals surface area contributed by atoms with Crippen molar-refractivity contribution in [3.05, 3.63) is 58.1 Å². The van der Waals surface area contributed by atoms with E-state index in [2.05, 4.69) is 9.80 Å². The van der Waals surface area contributed by atoms with Gasteiger partial charge in [0.1, 0.15) is 23.6 Å². The van der Waals surface area contributed by atoms with Gasteiger partial charge in [-0.1, -0.05) is 41.4 Å². The standard InChI is InChI=1S/C26H32Cl2N2O4/c1-33-24-5-3-2-4-21(24)25(26(31)32)30-14-8-18(9-15-30)17-29-12-10-19(11-13-29)34-20-6-7-22(27)23(28)16-20/h2-7,16,18-19,25H,8-15,17H2,1H3,(H,31,32). The van der Waals surface area contributed by atoms with E-state index in [0.717, 1.165) is 69.7 Å². The summed E-state index contributed by atoms with van der Waals surface area (Å²) in [5, 5.41) is 11.0. The van der Waals surface area contributed by atoms with Crippen LogP contribution in [0.5, 0.6) is 11.5 Å². The lowest BCUT2D eigenvalue weighted by Crippen LogP contribution is -2.45. The fraction of sp³-hybridized carbons (Fsp3) is 0.500. The van der Waals surface area contributed by atoms with E-state index in [1.54, 1.807) is 19.2 Å². The minimum Gasteiger partial charge on any atom is -0.496 e. The third-order valence-electron chi connectivity index (χ3n) is 6.93. The molecule has 0 aromatic heterocycles. The Labute approximate surface area is 211 Å². The molecule has 2 aliphatic heterocycles. The summed E-state index contributed by atoms with van der Waals surface area (Å²) in [4.78, 5) is 16.7. The van der Waals surface area contributed by atoms with Crippen molar-refractivity contribution < 1.29 is 19.4 Å². The average molecular weight is 507 g/mol. The predicted octanol–water partition coefficient (Wildman–Crippen LogP) is 5.38. The van der Waals surface area contributed by atoms with E-state index < -0.39 is 12.0 Å². The minimum atomic E-state index is -0.827. The van der Waals surface area contributed by atoms with Crippen LogP contribution in [-0.4, -0.2) is 66.8 Å². The number of hydrogen-bond donors (Lipinski definition) is 1. The topological polar surface area (TPSA) is 62.2 Å². The quantitative estimate of drug-likeness (QED) is 0.518. The number of hydrogen-bond acceptors (Lipinski definition) is 5. The predicted molar refractivity (Wildman–Crippen MR) is 134 cm³/mol. The van der Waals surface area contributed by atoms with Crippen molar-refractivity contribution in [2.75, 3.05) is 39.8 Å². The Hall–Kier alpha value is -1.99. The molecule has 0 saturated carbocycles. The molecule has 0 bridgehead atoms. The molecule has 1 atom stereocenters. The van der Waals surface area contributed by atoms with Crippen LogP contribution in [0, 0.1) is 5.92 Å². The summed E-state index contributed by atoms with van der Waals surface area (Å²) < 4.78 is 11.5. The molecule has 1 N–H and O–H groups in total. The SMILES string of the molecule is COc1ccccc1C(C(=O)O)N1CCC(CN2CCC(Oc3ccc(Cl)c(Cl)c3)CC2)CC1. The zero-order chi connectivity index (χ0) is 24.1. The van der Waals surface area contributed by atoms with Gasteiger partial charge in [-0.3, -0.25) is 9.69 Å². The molecule has 2 saturated heterocycles. The Bertz CT molecular complexity index is 973. The second kappa shape index (κ2) is 11.6. The molecule has 0 aliphatic carbocycles. The number of carboxylic acids is 1. The van der Waals surface area contributed by atoms with E-state index in [1.807, 2.05) is 30.3 Å². The highest BCUT2D eigenvalue weighted by atomic mass is 35.5. The van der Waals surface area contributed by atoms with Gasteiger partial charge in [0.2, 0.25) is 0 Å². The number of para-hydroxylation sites is 1. The summed E-state index contributed by atoms with van der Waals surface area (Å²) >= 11 is 12.1. The molecule has 0 spiro atoms. The molecule has 4 rings (SSSR count). The highest BCUT2D eigenvalue weighted by Crippen LogP contribution is 2.33. The van der Waals surface area contributed by atoms with Gasteiger partial charge in [-0.15, -0.1) is 0 Å². The van der Waals surface area contributed by atoms with E-state index in [-0.39, 0.29) is 6.10 Å². The maximum absolute atomic E-state index is 12.1. The zero-order valence-electron chi connectivity index (χ0n) is 19.5. The van der Waals surface area contributed by atoms with E-state index in [1.165, 1.54) is 0 Å². The molecule has 8 heteroatoms. The molecule has 2 aliphatic rings. The number of aliphatic carboxylic acids is 1. The van der Waals surface area contributed by atoms with Crippen LogP contribution in [0.25, 0.3) is 0 Å². The normalized spacial score (nSPS) is 19.6. The number of rotatable bonds is 8. The van der Waals surface area contributed by atoms with E-state index in [4.69, 9.17) is 32.7 Å². The molecule has 0 amide bonds. The molecule has 34 heavy (non-hydrogen) atoms. The summed E-state index contributed by atoms with van der Waals surface area (Å²) in [6.07, 6.45) is 4.15. The van der Waals surface area contributed by atoms with Crippen LogP contribution in [0.15, 0.2) is 42.5 Å². The van der Waals surface area contributed by atoms with Gasteiger partial charge in [-0.05, 0) is 62.9 Å². The van der Waals surface area contributed by atoms with Crippen LogP contribution in [0.2, 0.25) is 10.0 Å². The monoisotopic (exact) mass is 506 g/mol. The fourth-order valence-electron chi connectivity index (χ4n) is 5.09. The molecule has 2 fully saturated rings. The molecule has 2 heterocycles. The lowest BCUT2D eigenvalue weighted by molar-refractivity contribution is -0.144. The van der Waals surface area contributed by atoms with Crippen LogP contribution < -0.4 is 9.47 Å². The molecule has 184 valence electrons. The summed E-state index contributed by atoms with van der Waals surface area (Å²) in [6.45, 7) is 4.61. The van der Waals surface area contributed by atoms with Crippen molar-refractivity contribution in [1.82, 2.24) is 9.80 Å². The number of carboxylic acid groups (broad SMARTS) is 1. The Morgan fingerprint density at radius 2 is 1.74 bits per heavy atom. The van der Waals surface area contributed by atoms with Crippen LogP contribution in [0.1, 0.15) is 37.3 Å². The van der Waals surface area contributed by atoms with Crippen molar-refractivity contribution in [2.24, 2.45) is 5.92 Å². The first kappa shape index (κ1) is 25.1. The largest absolute Gasteiger partial charge is 0.496 e. The van der Waals surface area contributed by atoms with Crippen LogP contribution in [-0.2, 0) is 4.79 Å². The third-order valence-corrected chi connectivity index (χ3v) is 7.67. The maximum Gasteiger partial charge on any atom is 0.325 e.